The van der Waals surface area contributed by atoms with E-state index in [-0.39, 0.29) is 5.97 Å². The van der Waals surface area contributed by atoms with E-state index in [9.17, 15) is 4.79 Å². The van der Waals surface area contributed by atoms with E-state index in [0.29, 0.717) is 16.1 Å². The molecule has 0 fully saturated rings. The molecule has 0 N–H and O–H groups in total. The summed E-state index contributed by atoms with van der Waals surface area (Å²) in [6, 6.07) is 7.96. The minimum atomic E-state index is -0.388. The van der Waals surface area contributed by atoms with Crippen LogP contribution in [0.1, 0.15) is 23.0 Å². The van der Waals surface area contributed by atoms with Crippen LogP contribution < -0.4 is 0 Å². The molecule has 5 heteroatoms. The molecule has 0 saturated carbocycles. The topological polar surface area (TPSA) is 39.2 Å². The van der Waals surface area contributed by atoms with Crippen molar-refractivity contribution in [2.24, 2.45) is 0 Å². The minimum absolute atomic E-state index is 0.347. The summed E-state index contributed by atoms with van der Waals surface area (Å²) >= 11 is 4.81. The Morgan fingerprint density at radius 2 is 2.17 bits per heavy atom. The molecule has 1 aromatic carbocycles. The fourth-order valence-corrected chi connectivity index (χ4v) is 3.14. The summed E-state index contributed by atoms with van der Waals surface area (Å²) in [5, 5.41) is 0.822. The van der Waals surface area contributed by atoms with Crippen molar-refractivity contribution in [3.63, 3.8) is 0 Å². The van der Waals surface area contributed by atoms with Crippen molar-refractivity contribution in [3.8, 4) is 10.6 Å². The third-order valence-corrected chi connectivity index (χ3v) is 4.17. The summed E-state index contributed by atoms with van der Waals surface area (Å²) in [7, 11) is 0. The summed E-state index contributed by atoms with van der Waals surface area (Å²) in [5.74, 6) is -0.388. The van der Waals surface area contributed by atoms with Gasteiger partial charge in [-0.25, -0.2) is 9.78 Å². The Kier molecular flexibility index (Phi) is 4.14. The molecule has 1 aromatic heterocycles. The number of esters is 1. The number of hydrogen-bond acceptors (Lipinski definition) is 4. The first kappa shape index (κ1) is 13.2. The maximum absolute atomic E-state index is 11.7. The molecule has 0 unspecified atom stereocenters. The van der Waals surface area contributed by atoms with Crippen LogP contribution in [0.15, 0.2) is 28.1 Å². The van der Waals surface area contributed by atoms with E-state index in [1.807, 2.05) is 31.2 Å². The van der Waals surface area contributed by atoms with Gasteiger partial charge >= 0.3 is 5.97 Å². The van der Waals surface area contributed by atoms with E-state index >= 15 is 0 Å². The second kappa shape index (κ2) is 5.63. The van der Waals surface area contributed by atoms with Crippen molar-refractivity contribution in [2.45, 2.75) is 13.8 Å². The number of hydrogen-bond donors (Lipinski definition) is 0. The van der Waals surface area contributed by atoms with Gasteiger partial charge in [0, 0.05) is 5.56 Å². The number of carbonyl (C=O) groups is 1. The van der Waals surface area contributed by atoms with Crippen LogP contribution in [0.3, 0.4) is 0 Å². The second-order valence-electron chi connectivity index (χ2n) is 3.68. The molecule has 94 valence electrons. The van der Waals surface area contributed by atoms with Crippen molar-refractivity contribution >= 4 is 33.2 Å². The SMILES string of the molecule is CCOC(=O)c1nc(-c2ccccc2C)sc1Br. The van der Waals surface area contributed by atoms with E-state index in [1.54, 1.807) is 6.92 Å². The summed E-state index contributed by atoms with van der Waals surface area (Å²) in [6.45, 7) is 4.15. The zero-order valence-corrected chi connectivity index (χ0v) is 12.5. The lowest BCUT2D eigenvalue weighted by molar-refractivity contribution is 0.0519. The Labute approximate surface area is 118 Å². The number of aryl methyl sites for hydroxylation is 1. The molecular weight excluding hydrogens is 314 g/mol. The van der Waals surface area contributed by atoms with Crippen LogP contribution in [-0.2, 0) is 4.74 Å². The van der Waals surface area contributed by atoms with Crippen LogP contribution in [-0.4, -0.2) is 17.6 Å². The molecule has 0 saturated heterocycles. The number of rotatable bonds is 3. The van der Waals surface area contributed by atoms with Crippen LogP contribution in [0.4, 0.5) is 0 Å². The van der Waals surface area contributed by atoms with Gasteiger partial charge in [0.15, 0.2) is 5.69 Å². The van der Waals surface area contributed by atoms with Gasteiger partial charge in [0.2, 0.25) is 0 Å². The number of halogens is 1. The molecule has 0 spiro atoms. The molecule has 3 nitrogen and oxygen atoms in total. The standard InChI is InChI=1S/C13H12BrNO2S/c1-3-17-13(16)10-11(14)18-12(15-10)9-7-5-4-6-8(9)2/h4-7H,3H2,1-2H3. The first-order valence-corrected chi connectivity index (χ1v) is 7.14. The van der Waals surface area contributed by atoms with E-state index in [0.717, 1.165) is 16.1 Å². The van der Waals surface area contributed by atoms with Crippen LogP contribution in [0.2, 0.25) is 0 Å². The molecule has 0 aliphatic rings. The molecule has 1 heterocycles. The van der Waals surface area contributed by atoms with Crippen LogP contribution in [0, 0.1) is 6.92 Å². The smallest absolute Gasteiger partial charge is 0.359 e. The molecule has 0 radical (unpaired) electrons. The van der Waals surface area contributed by atoms with Gasteiger partial charge in [-0.1, -0.05) is 24.3 Å². The highest BCUT2D eigenvalue weighted by molar-refractivity contribution is 9.11. The molecule has 2 rings (SSSR count). The van der Waals surface area contributed by atoms with Gasteiger partial charge in [0.25, 0.3) is 0 Å². The monoisotopic (exact) mass is 325 g/mol. The summed E-state index contributed by atoms with van der Waals surface area (Å²) in [6.07, 6.45) is 0. The lowest BCUT2D eigenvalue weighted by Gasteiger charge is -2.00. The Morgan fingerprint density at radius 1 is 1.44 bits per heavy atom. The van der Waals surface area contributed by atoms with E-state index in [1.165, 1.54) is 11.3 Å². The van der Waals surface area contributed by atoms with Gasteiger partial charge in [0.05, 0.1) is 6.61 Å². The lowest BCUT2D eigenvalue weighted by atomic mass is 10.1. The zero-order valence-electron chi connectivity index (χ0n) is 10.1. The predicted octanol–water partition coefficient (Wildman–Crippen LogP) is 4.06. The largest absolute Gasteiger partial charge is 0.461 e. The third kappa shape index (κ3) is 2.62. The number of benzene rings is 1. The molecule has 0 amide bonds. The lowest BCUT2D eigenvalue weighted by Crippen LogP contribution is -2.05. The summed E-state index contributed by atoms with van der Waals surface area (Å²) < 4.78 is 5.67. The predicted molar refractivity (Wildman–Crippen MR) is 75.9 cm³/mol. The van der Waals surface area contributed by atoms with Crippen molar-refractivity contribution < 1.29 is 9.53 Å². The Bertz CT molecular complexity index is 580. The van der Waals surface area contributed by atoms with E-state index < -0.39 is 0 Å². The molecule has 0 aliphatic carbocycles. The van der Waals surface area contributed by atoms with Crippen LogP contribution in [0.25, 0.3) is 10.6 Å². The number of thiazole rings is 1. The normalized spacial score (nSPS) is 10.4. The zero-order chi connectivity index (χ0) is 13.1. The van der Waals surface area contributed by atoms with Crippen molar-refractivity contribution in [1.29, 1.82) is 0 Å². The summed E-state index contributed by atoms with van der Waals surface area (Å²) in [5.41, 5.74) is 2.52. The molecule has 0 atom stereocenters. The fraction of sp³-hybridized carbons (Fsp3) is 0.231. The Morgan fingerprint density at radius 3 is 2.83 bits per heavy atom. The first-order chi connectivity index (χ1) is 8.63. The highest BCUT2D eigenvalue weighted by Gasteiger charge is 2.18. The number of ether oxygens (including phenoxy) is 1. The Hall–Kier alpha value is -1.20. The number of nitrogens with zero attached hydrogens (tertiary/aromatic N) is 1. The van der Waals surface area contributed by atoms with Gasteiger partial charge in [0.1, 0.15) is 8.79 Å². The van der Waals surface area contributed by atoms with Gasteiger partial charge < -0.3 is 4.74 Å². The first-order valence-electron chi connectivity index (χ1n) is 5.53. The van der Waals surface area contributed by atoms with Gasteiger partial charge in [-0.2, -0.15) is 0 Å². The van der Waals surface area contributed by atoms with E-state index in [2.05, 4.69) is 20.9 Å². The fourth-order valence-electron chi connectivity index (χ4n) is 1.55. The molecule has 2 aromatic rings. The van der Waals surface area contributed by atoms with Gasteiger partial charge in [-0.3, -0.25) is 0 Å². The second-order valence-corrected chi connectivity index (χ2v) is 5.99. The maximum atomic E-state index is 11.7. The van der Waals surface area contributed by atoms with Crippen molar-refractivity contribution in [3.05, 3.63) is 39.3 Å². The maximum Gasteiger partial charge on any atom is 0.359 e. The average molecular weight is 326 g/mol. The van der Waals surface area contributed by atoms with Crippen molar-refractivity contribution in [2.75, 3.05) is 6.61 Å². The third-order valence-electron chi connectivity index (χ3n) is 2.43. The average Bonchev–Trinajstić information content (AvgIpc) is 2.72. The van der Waals surface area contributed by atoms with Gasteiger partial charge in [-0.15, -0.1) is 11.3 Å². The number of carbonyl (C=O) groups excluding carboxylic acids is 1. The summed E-state index contributed by atoms with van der Waals surface area (Å²) in [4.78, 5) is 16.0. The minimum Gasteiger partial charge on any atom is -0.461 e. The molecule has 0 bridgehead atoms. The highest BCUT2D eigenvalue weighted by atomic mass is 79.9. The molecule has 0 aliphatic heterocycles. The quantitative estimate of drug-likeness (QED) is 0.799. The Balaban J connectivity index is 2.41. The van der Waals surface area contributed by atoms with Crippen molar-refractivity contribution in [1.82, 2.24) is 4.98 Å². The van der Waals surface area contributed by atoms with Crippen LogP contribution >= 0.6 is 27.3 Å². The number of aromatic nitrogens is 1. The highest BCUT2D eigenvalue weighted by Crippen LogP contribution is 2.33. The van der Waals surface area contributed by atoms with Crippen LogP contribution in [0.5, 0.6) is 0 Å². The van der Waals surface area contributed by atoms with Gasteiger partial charge in [-0.05, 0) is 35.3 Å². The van der Waals surface area contributed by atoms with E-state index in [4.69, 9.17) is 4.74 Å². The molecular formula is C13H12BrNO2S. The molecule has 18 heavy (non-hydrogen) atoms.